The minimum Gasteiger partial charge on any atom is -0.507 e. The topological polar surface area (TPSA) is 231 Å². The molecule has 2 aromatic carbocycles. The number of phenols is 2. The van der Waals surface area contributed by atoms with Gasteiger partial charge in [-0.3, -0.25) is 28.8 Å². The number of carbonyl (C=O) groups excluding carboxylic acids is 6. The number of amides is 4. The lowest BCUT2D eigenvalue weighted by Gasteiger charge is -2.30. The van der Waals surface area contributed by atoms with E-state index in [4.69, 9.17) is 0 Å². The summed E-state index contributed by atoms with van der Waals surface area (Å²) in [5, 5.41) is 46.5. The molecular weight excluding hydrogens is 773 g/mol. The lowest BCUT2D eigenvalue weighted by molar-refractivity contribution is -0.143. The van der Waals surface area contributed by atoms with E-state index in [2.05, 4.69) is 17.6 Å². The number of fused-ring (bicyclic) bond motifs is 5. The van der Waals surface area contributed by atoms with Crippen molar-refractivity contribution in [1.82, 2.24) is 20.4 Å². The molecule has 0 saturated heterocycles. The number of aliphatic carboxylic acids is 1. The zero-order valence-corrected chi connectivity index (χ0v) is 35.7. The Morgan fingerprint density at radius 2 is 1.38 bits per heavy atom. The van der Waals surface area contributed by atoms with Crippen LogP contribution in [0.5, 0.6) is 11.5 Å². The van der Waals surface area contributed by atoms with Gasteiger partial charge in [-0.05, 0) is 48.7 Å². The fourth-order valence-electron chi connectivity index (χ4n) is 7.40. The number of nitrogens with one attached hydrogen (secondary N) is 2. The molecule has 0 unspecified atom stereocenters. The molecule has 0 aromatic heterocycles. The molecule has 6 N–H and O–H groups in total. The number of hydrogen-bond donors (Lipinski definition) is 6. The Hall–Kier alpha value is -5.31. The molecule has 0 spiro atoms. The Kier molecular flexibility index (Phi) is 19.7. The van der Waals surface area contributed by atoms with E-state index in [1.54, 1.807) is 0 Å². The van der Waals surface area contributed by atoms with E-state index in [-0.39, 0.29) is 59.8 Å². The second-order valence-corrected chi connectivity index (χ2v) is 16.0. The summed E-state index contributed by atoms with van der Waals surface area (Å²) in [5.41, 5.74) is 0.920. The first-order chi connectivity index (χ1) is 28.5. The third kappa shape index (κ3) is 14.2. The number of aliphatic hydroxyl groups excluding tert-OH is 1. The van der Waals surface area contributed by atoms with Crippen LogP contribution in [0.2, 0.25) is 0 Å². The minimum atomic E-state index is -1.36. The number of aromatic hydroxyl groups is 2. The molecule has 0 saturated carbocycles. The third-order valence-corrected chi connectivity index (χ3v) is 11.3. The van der Waals surface area contributed by atoms with Gasteiger partial charge < -0.3 is 40.9 Å². The van der Waals surface area contributed by atoms with Crippen LogP contribution in [0.15, 0.2) is 36.4 Å². The maximum absolute atomic E-state index is 14.0. The van der Waals surface area contributed by atoms with Gasteiger partial charge in [0.05, 0.1) is 12.6 Å². The molecule has 4 amide bonds. The minimum absolute atomic E-state index is 0.110. The van der Waals surface area contributed by atoms with Crippen LogP contribution >= 0.6 is 0 Å². The molecule has 330 valence electrons. The number of aliphatic hydroxyl groups is 1. The average molecular weight is 837 g/mol. The fourth-order valence-corrected chi connectivity index (χ4v) is 7.40. The molecule has 4 bridgehead atoms. The van der Waals surface area contributed by atoms with Crippen LogP contribution in [0.25, 0.3) is 11.1 Å². The van der Waals surface area contributed by atoms with Crippen molar-refractivity contribution in [2.75, 3.05) is 20.7 Å². The lowest BCUT2D eigenvalue weighted by atomic mass is 9.89. The predicted molar refractivity (Wildman–Crippen MR) is 225 cm³/mol. The number of phenolic OH excluding ortho intramolecular Hbond substituents is 2. The number of hydrogen-bond acceptors (Lipinski definition) is 10. The summed E-state index contributed by atoms with van der Waals surface area (Å²) in [6.45, 7) is 4.42. The molecule has 0 fully saturated rings. The molecule has 5 atom stereocenters. The number of carboxylic acids is 1. The summed E-state index contributed by atoms with van der Waals surface area (Å²) >= 11 is 0. The summed E-state index contributed by atoms with van der Waals surface area (Å²) < 4.78 is 0. The molecule has 2 aromatic rings. The van der Waals surface area contributed by atoms with Crippen molar-refractivity contribution in [2.45, 2.75) is 141 Å². The van der Waals surface area contributed by atoms with Crippen LogP contribution < -0.4 is 10.6 Å². The standard InChI is InChI=1S/C45H64N4O11/c1-6-7-8-9-10-11-12-13-14-15-16-40(55)48(4)35(27-50)44(58)46-29(3)36(51)21-22-41(56)49(5)42-31-18-20-38(53)33(26-31)32-24-30(17-19-37(32)52)25-34(45(59)60)47-43(57)28(2)23-39(42)54/h17-20,24,26,28-29,34-35,42,50,52-53H,6-16,21-23,25,27H2,1-5H3,(H,46,58)(H,47,57)(H,59,60)/t28-,29-,34+,35-,42+/m1/s1. The SMILES string of the molecule is CCCCCCCCCCCCC(=O)N(C)[C@H](CO)C(=O)N[C@H](C)C(=O)CCC(=O)N(C)[C@@H]1C(=O)C[C@@H](C)C(=O)N[C@H](C(=O)O)Cc2ccc(O)c(c2)-c2cc1ccc2O. The number of carboxylic acid groups (broad SMARTS) is 1. The van der Waals surface area contributed by atoms with Gasteiger partial charge in [0.15, 0.2) is 11.6 Å². The first-order valence-corrected chi connectivity index (χ1v) is 21.2. The Morgan fingerprint density at radius 1 is 0.800 bits per heavy atom. The lowest BCUT2D eigenvalue weighted by Crippen LogP contribution is -2.53. The van der Waals surface area contributed by atoms with Crippen LogP contribution in [0, 0.1) is 5.92 Å². The number of rotatable bonds is 21. The van der Waals surface area contributed by atoms with Gasteiger partial charge in [-0.2, -0.15) is 0 Å². The quantitative estimate of drug-likeness (QED) is 0.0920. The molecule has 1 heterocycles. The van der Waals surface area contributed by atoms with Gasteiger partial charge in [0, 0.05) is 63.2 Å². The Balaban J connectivity index is 1.67. The zero-order valence-electron chi connectivity index (χ0n) is 35.7. The zero-order chi connectivity index (χ0) is 44.5. The van der Waals surface area contributed by atoms with E-state index >= 15 is 0 Å². The predicted octanol–water partition coefficient (Wildman–Crippen LogP) is 4.97. The van der Waals surface area contributed by atoms with Crippen LogP contribution in [0.3, 0.4) is 0 Å². The van der Waals surface area contributed by atoms with Gasteiger partial charge in [0.1, 0.15) is 29.6 Å². The Bertz CT molecular complexity index is 1830. The van der Waals surface area contributed by atoms with Crippen molar-refractivity contribution in [3.63, 3.8) is 0 Å². The normalized spacial score (nSPS) is 17.7. The number of carbonyl (C=O) groups is 7. The maximum Gasteiger partial charge on any atom is 0.326 e. The summed E-state index contributed by atoms with van der Waals surface area (Å²) in [5.74, 6) is -6.26. The third-order valence-electron chi connectivity index (χ3n) is 11.3. The maximum atomic E-state index is 14.0. The molecule has 15 nitrogen and oxygen atoms in total. The molecule has 60 heavy (non-hydrogen) atoms. The monoisotopic (exact) mass is 836 g/mol. The van der Waals surface area contributed by atoms with Crippen LogP contribution in [0.1, 0.15) is 128 Å². The van der Waals surface area contributed by atoms with Gasteiger partial charge in [0.25, 0.3) is 0 Å². The Labute approximate surface area is 352 Å². The summed E-state index contributed by atoms with van der Waals surface area (Å²) in [7, 11) is 2.79. The average Bonchev–Trinajstić information content (AvgIpc) is 3.21. The highest BCUT2D eigenvalue weighted by atomic mass is 16.4. The second-order valence-electron chi connectivity index (χ2n) is 16.0. The number of ketones is 2. The van der Waals surface area contributed by atoms with E-state index in [1.807, 2.05) is 0 Å². The summed E-state index contributed by atoms with van der Waals surface area (Å²) in [6.07, 6.45) is 10.1. The van der Waals surface area contributed by atoms with Gasteiger partial charge in [-0.25, -0.2) is 4.79 Å². The highest BCUT2D eigenvalue weighted by Gasteiger charge is 2.34. The van der Waals surface area contributed by atoms with Crippen LogP contribution in [-0.2, 0) is 40.0 Å². The van der Waals surface area contributed by atoms with E-state index in [0.29, 0.717) is 12.0 Å². The molecule has 1 aliphatic rings. The van der Waals surface area contributed by atoms with Gasteiger partial charge in [-0.1, -0.05) is 83.8 Å². The second kappa shape index (κ2) is 24.1. The van der Waals surface area contributed by atoms with E-state index < -0.39 is 78.4 Å². The molecule has 0 radical (unpaired) electrons. The number of unbranched alkanes of at least 4 members (excludes halogenated alkanes) is 9. The molecule has 1 aliphatic heterocycles. The van der Waals surface area contributed by atoms with E-state index in [9.17, 15) is 54.0 Å². The highest BCUT2D eigenvalue weighted by Crippen LogP contribution is 2.39. The van der Waals surface area contributed by atoms with Gasteiger partial charge in [0.2, 0.25) is 23.6 Å². The van der Waals surface area contributed by atoms with E-state index in [1.165, 1.54) is 108 Å². The fraction of sp³-hybridized carbons (Fsp3) is 0.578. The first kappa shape index (κ1) is 49.1. The van der Waals surface area contributed by atoms with E-state index in [0.717, 1.165) is 24.2 Å². The molecular formula is C45H64N4O11. The molecule has 15 heteroatoms. The van der Waals surface area contributed by atoms with Gasteiger partial charge >= 0.3 is 5.97 Å². The van der Waals surface area contributed by atoms with Crippen molar-refractivity contribution in [3.05, 3.63) is 47.5 Å². The van der Waals surface area contributed by atoms with Crippen LogP contribution in [0.4, 0.5) is 0 Å². The van der Waals surface area contributed by atoms with Crippen molar-refractivity contribution in [1.29, 1.82) is 0 Å². The van der Waals surface area contributed by atoms with Crippen LogP contribution in [-0.4, -0.2) is 110 Å². The highest BCUT2D eigenvalue weighted by molar-refractivity contribution is 5.96. The van der Waals surface area contributed by atoms with Crippen molar-refractivity contribution >= 4 is 41.2 Å². The summed E-state index contributed by atoms with van der Waals surface area (Å²) in [6, 6.07) is 3.48. The molecule has 0 aliphatic carbocycles. The largest absolute Gasteiger partial charge is 0.507 e. The number of Topliss-reactive ketones (excluding diaryl/α,β-unsaturated/α-hetero) is 2. The number of likely N-dealkylation sites (N-methyl/N-ethyl adjacent to an activating group) is 2. The molecule has 3 rings (SSSR count). The number of nitrogens with zero attached hydrogens (tertiary/aromatic N) is 2. The van der Waals surface area contributed by atoms with Gasteiger partial charge in [-0.15, -0.1) is 0 Å². The van der Waals surface area contributed by atoms with Crippen molar-refractivity contribution in [3.8, 4) is 22.6 Å². The smallest absolute Gasteiger partial charge is 0.326 e. The van der Waals surface area contributed by atoms with Crippen molar-refractivity contribution in [2.24, 2.45) is 5.92 Å². The summed E-state index contributed by atoms with van der Waals surface area (Å²) in [4.78, 5) is 94.4. The van der Waals surface area contributed by atoms with Crippen molar-refractivity contribution < 1.29 is 54.0 Å². The first-order valence-electron chi connectivity index (χ1n) is 21.2. The Morgan fingerprint density at radius 3 is 1.98 bits per heavy atom. The number of benzene rings is 2.